The highest BCUT2D eigenvalue weighted by atomic mass is 32.1. The maximum atomic E-state index is 5.25. The van der Waals surface area contributed by atoms with Crippen LogP contribution in [0.4, 0.5) is 0 Å². The average molecular weight is 201 g/mol. The van der Waals surface area contributed by atoms with E-state index in [2.05, 4.69) is 36.2 Å². The van der Waals surface area contributed by atoms with Gasteiger partial charge in [-0.05, 0) is 18.6 Å². The number of hydrogen-bond donors (Lipinski definition) is 1. The first-order valence-corrected chi connectivity index (χ1v) is 4.92. The first-order chi connectivity index (χ1) is 6.77. The Labute approximate surface area is 88.4 Å². The summed E-state index contributed by atoms with van der Waals surface area (Å²) >= 11 is 5.25. The standard InChI is InChI=1S/C12H11NS/c1-9-2-4-10(5-3-9)11-8-13-7-6-12(11)14/h2-8H,1H3,(H,13,14). The Morgan fingerprint density at radius 3 is 2.43 bits per heavy atom. The highest BCUT2D eigenvalue weighted by molar-refractivity contribution is 7.71. The highest BCUT2D eigenvalue weighted by Crippen LogP contribution is 2.19. The van der Waals surface area contributed by atoms with Crippen molar-refractivity contribution >= 4 is 12.2 Å². The first kappa shape index (κ1) is 9.16. The molecule has 0 aliphatic heterocycles. The SMILES string of the molecule is Cc1ccc(-c2c[nH]ccc2=S)cc1. The van der Waals surface area contributed by atoms with Gasteiger partial charge in [-0.15, -0.1) is 0 Å². The predicted molar refractivity (Wildman–Crippen MR) is 61.8 cm³/mol. The fourth-order valence-corrected chi connectivity index (χ4v) is 1.62. The van der Waals surface area contributed by atoms with E-state index in [4.69, 9.17) is 12.2 Å². The third-order valence-corrected chi connectivity index (χ3v) is 2.54. The van der Waals surface area contributed by atoms with Gasteiger partial charge >= 0.3 is 0 Å². The van der Waals surface area contributed by atoms with Gasteiger partial charge in [0.2, 0.25) is 0 Å². The minimum Gasteiger partial charge on any atom is -0.367 e. The summed E-state index contributed by atoms with van der Waals surface area (Å²) in [5, 5.41) is 0. The van der Waals surface area contributed by atoms with Crippen molar-refractivity contribution in [3.05, 3.63) is 52.8 Å². The fraction of sp³-hybridized carbons (Fsp3) is 0.0833. The summed E-state index contributed by atoms with van der Waals surface area (Å²) in [6.45, 7) is 2.08. The second kappa shape index (κ2) is 3.76. The van der Waals surface area contributed by atoms with Gasteiger partial charge < -0.3 is 4.98 Å². The highest BCUT2D eigenvalue weighted by Gasteiger charge is 1.97. The van der Waals surface area contributed by atoms with Gasteiger partial charge in [-0.3, -0.25) is 0 Å². The van der Waals surface area contributed by atoms with E-state index in [1.807, 2.05) is 18.5 Å². The van der Waals surface area contributed by atoms with Crippen LogP contribution in [-0.4, -0.2) is 4.98 Å². The third kappa shape index (κ3) is 1.75. The van der Waals surface area contributed by atoms with E-state index in [0.717, 1.165) is 15.6 Å². The quantitative estimate of drug-likeness (QED) is 0.695. The Hall–Kier alpha value is -1.41. The number of aryl methyl sites for hydroxylation is 1. The predicted octanol–water partition coefficient (Wildman–Crippen LogP) is 3.72. The molecule has 0 saturated carbocycles. The minimum atomic E-state index is 0.882. The molecule has 1 N–H and O–H groups in total. The number of hydrogen-bond acceptors (Lipinski definition) is 1. The molecule has 0 unspecified atom stereocenters. The van der Waals surface area contributed by atoms with Gasteiger partial charge in [-0.25, -0.2) is 0 Å². The topological polar surface area (TPSA) is 15.8 Å². The normalized spacial score (nSPS) is 10.1. The summed E-state index contributed by atoms with van der Waals surface area (Å²) in [4.78, 5) is 3.05. The van der Waals surface area contributed by atoms with Gasteiger partial charge in [0.15, 0.2) is 0 Å². The largest absolute Gasteiger partial charge is 0.367 e. The van der Waals surface area contributed by atoms with Crippen LogP contribution in [0.3, 0.4) is 0 Å². The van der Waals surface area contributed by atoms with E-state index in [1.165, 1.54) is 5.56 Å². The molecule has 2 rings (SSSR count). The van der Waals surface area contributed by atoms with Crippen LogP contribution in [0.2, 0.25) is 0 Å². The number of benzene rings is 1. The minimum absolute atomic E-state index is 0.882. The Morgan fingerprint density at radius 1 is 1.07 bits per heavy atom. The lowest BCUT2D eigenvalue weighted by atomic mass is 10.1. The van der Waals surface area contributed by atoms with Crippen molar-refractivity contribution in [1.82, 2.24) is 4.98 Å². The molecule has 2 aromatic rings. The molecule has 0 atom stereocenters. The second-order valence-electron chi connectivity index (χ2n) is 3.29. The van der Waals surface area contributed by atoms with E-state index in [1.54, 1.807) is 0 Å². The van der Waals surface area contributed by atoms with E-state index in [-0.39, 0.29) is 0 Å². The molecule has 1 aromatic carbocycles. The number of aromatic amines is 1. The van der Waals surface area contributed by atoms with Crippen molar-refractivity contribution in [2.24, 2.45) is 0 Å². The summed E-state index contributed by atoms with van der Waals surface area (Å²) in [6, 6.07) is 10.3. The van der Waals surface area contributed by atoms with E-state index >= 15 is 0 Å². The van der Waals surface area contributed by atoms with Crippen LogP contribution >= 0.6 is 12.2 Å². The van der Waals surface area contributed by atoms with Gasteiger partial charge in [-0.2, -0.15) is 0 Å². The summed E-state index contributed by atoms with van der Waals surface area (Å²) in [5.74, 6) is 0. The molecule has 0 spiro atoms. The van der Waals surface area contributed by atoms with Gasteiger partial charge in [0.05, 0.1) is 0 Å². The Bertz CT molecular complexity index is 482. The van der Waals surface area contributed by atoms with Gasteiger partial charge in [0.25, 0.3) is 0 Å². The van der Waals surface area contributed by atoms with Crippen molar-refractivity contribution in [3.8, 4) is 11.1 Å². The number of pyridine rings is 1. The number of H-pyrrole nitrogens is 1. The second-order valence-corrected chi connectivity index (χ2v) is 3.73. The Kier molecular flexibility index (Phi) is 2.46. The van der Waals surface area contributed by atoms with E-state index in [0.29, 0.717) is 0 Å². The van der Waals surface area contributed by atoms with E-state index in [9.17, 15) is 0 Å². The smallest absolute Gasteiger partial charge is 0.0484 e. The van der Waals surface area contributed by atoms with Crippen molar-refractivity contribution in [2.45, 2.75) is 6.92 Å². The lowest BCUT2D eigenvalue weighted by Crippen LogP contribution is -1.81. The molecule has 1 nitrogen and oxygen atoms in total. The van der Waals surface area contributed by atoms with Crippen LogP contribution in [0.5, 0.6) is 0 Å². The molecule has 2 heteroatoms. The zero-order chi connectivity index (χ0) is 9.97. The van der Waals surface area contributed by atoms with Gasteiger partial charge in [0.1, 0.15) is 0 Å². The molecule has 0 fully saturated rings. The Morgan fingerprint density at radius 2 is 1.79 bits per heavy atom. The lowest BCUT2D eigenvalue weighted by Gasteiger charge is -2.01. The number of aromatic nitrogens is 1. The van der Waals surface area contributed by atoms with Crippen LogP contribution in [0, 0.1) is 11.4 Å². The average Bonchev–Trinajstić information content (AvgIpc) is 2.20. The van der Waals surface area contributed by atoms with Crippen molar-refractivity contribution < 1.29 is 0 Å². The number of nitrogens with one attached hydrogen (secondary N) is 1. The lowest BCUT2D eigenvalue weighted by molar-refractivity contribution is 1.32. The van der Waals surface area contributed by atoms with Crippen LogP contribution in [0.1, 0.15) is 5.56 Å². The van der Waals surface area contributed by atoms with Crippen molar-refractivity contribution in [2.75, 3.05) is 0 Å². The van der Waals surface area contributed by atoms with Gasteiger partial charge in [0, 0.05) is 22.5 Å². The molecule has 0 bridgehead atoms. The third-order valence-electron chi connectivity index (χ3n) is 2.19. The molecule has 0 aliphatic carbocycles. The molecule has 1 heterocycles. The maximum absolute atomic E-state index is 5.25. The zero-order valence-electron chi connectivity index (χ0n) is 7.95. The van der Waals surface area contributed by atoms with Crippen molar-refractivity contribution in [1.29, 1.82) is 0 Å². The molecule has 0 saturated heterocycles. The molecule has 14 heavy (non-hydrogen) atoms. The van der Waals surface area contributed by atoms with E-state index < -0.39 is 0 Å². The van der Waals surface area contributed by atoms with Crippen LogP contribution in [0.15, 0.2) is 42.7 Å². The summed E-state index contributed by atoms with van der Waals surface area (Å²) in [7, 11) is 0. The molecule has 1 aromatic heterocycles. The maximum Gasteiger partial charge on any atom is 0.0484 e. The fourth-order valence-electron chi connectivity index (χ4n) is 1.37. The van der Waals surface area contributed by atoms with Crippen LogP contribution < -0.4 is 0 Å². The number of rotatable bonds is 1. The Balaban J connectivity index is 2.56. The molecule has 70 valence electrons. The first-order valence-electron chi connectivity index (χ1n) is 4.51. The van der Waals surface area contributed by atoms with Crippen LogP contribution in [0.25, 0.3) is 11.1 Å². The van der Waals surface area contributed by atoms with Crippen molar-refractivity contribution in [3.63, 3.8) is 0 Å². The molecule has 0 radical (unpaired) electrons. The molecule has 0 amide bonds. The van der Waals surface area contributed by atoms with Gasteiger partial charge in [-0.1, -0.05) is 42.0 Å². The summed E-state index contributed by atoms with van der Waals surface area (Å²) < 4.78 is 0.882. The summed E-state index contributed by atoms with van der Waals surface area (Å²) in [6.07, 6.45) is 3.78. The van der Waals surface area contributed by atoms with Crippen LogP contribution in [-0.2, 0) is 0 Å². The molecular formula is C12H11NS. The summed E-state index contributed by atoms with van der Waals surface area (Å²) in [5.41, 5.74) is 3.51. The zero-order valence-corrected chi connectivity index (χ0v) is 8.77. The molecular weight excluding hydrogens is 190 g/mol. The molecule has 0 aliphatic rings. The monoisotopic (exact) mass is 201 g/mol.